The minimum Gasteiger partial charge on any atom is -0.486 e. The molecule has 3 rings (SSSR count). The zero-order valence-corrected chi connectivity index (χ0v) is 11.4. The molecule has 0 atom stereocenters. The van der Waals surface area contributed by atoms with Gasteiger partial charge in [-0.05, 0) is 36.4 Å². The van der Waals surface area contributed by atoms with Crippen LogP contribution in [0.4, 0.5) is 10.2 Å². The Morgan fingerprint density at radius 2 is 2.00 bits per heavy atom. The fraction of sp³-hybridized carbons (Fsp3) is 0.0667. The third kappa shape index (κ3) is 2.44. The van der Waals surface area contributed by atoms with Gasteiger partial charge in [-0.2, -0.15) is 0 Å². The number of nitrogens with zero attached hydrogens (tertiary/aromatic N) is 2. The summed E-state index contributed by atoms with van der Waals surface area (Å²) in [6.45, 7) is 0.00823. The fourth-order valence-electron chi connectivity index (χ4n) is 2.17. The molecule has 2 heterocycles. The van der Waals surface area contributed by atoms with Crippen LogP contribution in [-0.4, -0.2) is 20.5 Å². The quantitative estimate of drug-likeness (QED) is 0.772. The number of aromatic carboxylic acids is 1. The minimum absolute atomic E-state index is 0.00823. The number of benzene rings is 1. The Kier molecular flexibility index (Phi) is 3.38. The number of carboxylic acids is 1. The molecule has 0 fully saturated rings. The number of carbonyl (C=O) groups is 1. The Morgan fingerprint density at radius 1 is 1.27 bits per heavy atom. The summed E-state index contributed by atoms with van der Waals surface area (Å²) in [4.78, 5) is 15.3. The van der Waals surface area contributed by atoms with Gasteiger partial charge in [-0.3, -0.25) is 4.40 Å². The molecular formula is C15H12FN3O3. The predicted molar refractivity (Wildman–Crippen MR) is 77.3 cm³/mol. The standard InChI is InChI=1S/C15H12FN3O3/c16-9-4-6-10(7-5-9)22-8-13-18-14(15(20)21)11-2-1-3-12(17)19(11)13/h1-7H,8,17H2,(H,20,21). The second-order valence-corrected chi connectivity index (χ2v) is 4.60. The first-order valence-electron chi connectivity index (χ1n) is 6.44. The molecule has 6 nitrogen and oxygen atoms in total. The average molecular weight is 301 g/mol. The van der Waals surface area contributed by atoms with Gasteiger partial charge in [-0.1, -0.05) is 6.07 Å². The molecular weight excluding hydrogens is 289 g/mol. The van der Waals surface area contributed by atoms with Crippen LogP contribution < -0.4 is 10.5 Å². The average Bonchev–Trinajstić information content (AvgIpc) is 2.87. The van der Waals surface area contributed by atoms with E-state index < -0.39 is 5.97 Å². The van der Waals surface area contributed by atoms with Crippen LogP contribution in [0, 0.1) is 5.82 Å². The lowest BCUT2D eigenvalue weighted by Gasteiger charge is -2.07. The molecule has 0 aliphatic carbocycles. The summed E-state index contributed by atoms with van der Waals surface area (Å²) >= 11 is 0. The van der Waals surface area contributed by atoms with Crippen LogP contribution in [0.2, 0.25) is 0 Å². The Labute approximate surface area is 124 Å². The Morgan fingerprint density at radius 3 is 2.68 bits per heavy atom. The van der Waals surface area contributed by atoms with Crippen LogP contribution in [0.25, 0.3) is 5.52 Å². The van der Waals surface area contributed by atoms with Crippen LogP contribution in [-0.2, 0) is 6.61 Å². The van der Waals surface area contributed by atoms with Gasteiger partial charge in [-0.15, -0.1) is 0 Å². The minimum atomic E-state index is -1.14. The summed E-state index contributed by atoms with van der Waals surface area (Å²) < 4.78 is 19.9. The Balaban J connectivity index is 1.96. The summed E-state index contributed by atoms with van der Waals surface area (Å²) in [6.07, 6.45) is 0. The van der Waals surface area contributed by atoms with Crippen molar-refractivity contribution >= 4 is 17.3 Å². The maximum Gasteiger partial charge on any atom is 0.356 e. The van der Waals surface area contributed by atoms with Crippen molar-refractivity contribution in [3.63, 3.8) is 0 Å². The van der Waals surface area contributed by atoms with E-state index in [1.807, 2.05) is 0 Å². The summed E-state index contributed by atoms with van der Waals surface area (Å²) in [5.41, 5.74) is 6.19. The van der Waals surface area contributed by atoms with E-state index in [4.69, 9.17) is 10.5 Å². The second kappa shape index (κ2) is 5.36. The van der Waals surface area contributed by atoms with Crippen molar-refractivity contribution in [3.05, 3.63) is 59.8 Å². The highest BCUT2D eigenvalue weighted by Crippen LogP contribution is 2.19. The number of pyridine rings is 1. The lowest BCUT2D eigenvalue weighted by atomic mass is 10.3. The van der Waals surface area contributed by atoms with Crippen LogP contribution in [0.1, 0.15) is 16.3 Å². The first-order valence-corrected chi connectivity index (χ1v) is 6.44. The van der Waals surface area contributed by atoms with Gasteiger partial charge in [0.15, 0.2) is 11.5 Å². The first-order chi connectivity index (χ1) is 10.6. The van der Waals surface area contributed by atoms with Crippen molar-refractivity contribution < 1.29 is 19.0 Å². The lowest BCUT2D eigenvalue weighted by Crippen LogP contribution is -2.04. The summed E-state index contributed by atoms with van der Waals surface area (Å²) in [7, 11) is 0. The molecule has 0 aliphatic rings. The third-order valence-electron chi connectivity index (χ3n) is 3.15. The van der Waals surface area contributed by atoms with Crippen LogP contribution >= 0.6 is 0 Å². The number of imidazole rings is 1. The van der Waals surface area contributed by atoms with Crippen molar-refractivity contribution in [1.29, 1.82) is 0 Å². The molecule has 0 saturated heterocycles. The molecule has 22 heavy (non-hydrogen) atoms. The van der Waals surface area contributed by atoms with Gasteiger partial charge in [-0.25, -0.2) is 14.2 Å². The van der Waals surface area contributed by atoms with Crippen molar-refractivity contribution in [3.8, 4) is 5.75 Å². The molecule has 3 aromatic rings. The van der Waals surface area contributed by atoms with Gasteiger partial charge >= 0.3 is 5.97 Å². The van der Waals surface area contributed by atoms with E-state index in [2.05, 4.69) is 4.98 Å². The van der Waals surface area contributed by atoms with E-state index in [0.29, 0.717) is 22.9 Å². The smallest absolute Gasteiger partial charge is 0.356 e. The molecule has 112 valence electrons. The van der Waals surface area contributed by atoms with E-state index in [9.17, 15) is 14.3 Å². The number of rotatable bonds is 4. The molecule has 7 heteroatoms. The number of carboxylic acid groups (broad SMARTS) is 1. The normalized spacial score (nSPS) is 10.8. The number of nitrogen functional groups attached to an aromatic ring is 1. The fourth-order valence-corrected chi connectivity index (χ4v) is 2.17. The molecule has 3 N–H and O–H groups in total. The topological polar surface area (TPSA) is 89.9 Å². The number of fused-ring (bicyclic) bond motifs is 1. The van der Waals surface area contributed by atoms with Crippen molar-refractivity contribution in [2.24, 2.45) is 0 Å². The molecule has 0 spiro atoms. The van der Waals surface area contributed by atoms with E-state index in [0.717, 1.165) is 0 Å². The molecule has 0 bridgehead atoms. The number of anilines is 1. The summed E-state index contributed by atoms with van der Waals surface area (Å²) in [5.74, 6) is -0.346. The third-order valence-corrected chi connectivity index (χ3v) is 3.15. The monoisotopic (exact) mass is 301 g/mol. The van der Waals surface area contributed by atoms with E-state index in [-0.39, 0.29) is 18.1 Å². The van der Waals surface area contributed by atoms with E-state index in [1.165, 1.54) is 28.7 Å². The van der Waals surface area contributed by atoms with Crippen LogP contribution in [0.3, 0.4) is 0 Å². The van der Waals surface area contributed by atoms with Gasteiger partial charge in [0.2, 0.25) is 0 Å². The molecule has 0 amide bonds. The van der Waals surface area contributed by atoms with Crippen LogP contribution in [0.15, 0.2) is 42.5 Å². The Hall–Kier alpha value is -3.09. The van der Waals surface area contributed by atoms with Crippen molar-refractivity contribution in [1.82, 2.24) is 9.38 Å². The van der Waals surface area contributed by atoms with E-state index in [1.54, 1.807) is 18.2 Å². The molecule has 0 unspecified atom stereocenters. The molecule has 2 aromatic heterocycles. The Bertz CT molecular complexity index is 843. The molecule has 1 aromatic carbocycles. The maximum atomic E-state index is 12.8. The van der Waals surface area contributed by atoms with Gasteiger partial charge in [0.05, 0.1) is 5.52 Å². The second-order valence-electron chi connectivity index (χ2n) is 4.60. The highest BCUT2D eigenvalue weighted by molar-refractivity contribution is 5.94. The molecule has 0 radical (unpaired) electrons. The molecule has 0 saturated carbocycles. The number of ether oxygens (including phenoxy) is 1. The lowest BCUT2D eigenvalue weighted by molar-refractivity contribution is 0.0693. The predicted octanol–water partition coefficient (Wildman–Crippen LogP) is 2.33. The zero-order valence-electron chi connectivity index (χ0n) is 11.4. The number of hydrogen-bond donors (Lipinski definition) is 2. The SMILES string of the molecule is Nc1cccc2c(C(=O)O)nc(COc3ccc(F)cc3)n12. The number of hydrogen-bond acceptors (Lipinski definition) is 4. The van der Waals surface area contributed by atoms with Gasteiger partial charge in [0, 0.05) is 0 Å². The van der Waals surface area contributed by atoms with Crippen molar-refractivity contribution in [2.75, 3.05) is 5.73 Å². The number of halogens is 1. The van der Waals surface area contributed by atoms with Gasteiger partial charge < -0.3 is 15.6 Å². The largest absolute Gasteiger partial charge is 0.486 e. The van der Waals surface area contributed by atoms with Gasteiger partial charge in [0.1, 0.15) is 24.0 Å². The van der Waals surface area contributed by atoms with Crippen LogP contribution in [0.5, 0.6) is 5.75 Å². The molecule has 0 aliphatic heterocycles. The number of aromatic nitrogens is 2. The zero-order chi connectivity index (χ0) is 15.7. The van der Waals surface area contributed by atoms with Gasteiger partial charge in [0.25, 0.3) is 0 Å². The summed E-state index contributed by atoms with van der Waals surface area (Å²) in [5, 5.41) is 9.20. The highest BCUT2D eigenvalue weighted by Gasteiger charge is 2.18. The van der Waals surface area contributed by atoms with Crippen molar-refractivity contribution in [2.45, 2.75) is 6.61 Å². The first kappa shape index (κ1) is 13.9. The van der Waals surface area contributed by atoms with E-state index >= 15 is 0 Å². The number of nitrogens with two attached hydrogens (primary N) is 1. The highest BCUT2D eigenvalue weighted by atomic mass is 19.1. The maximum absolute atomic E-state index is 12.8. The summed E-state index contributed by atoms with van der Waals surface area (Å²) in [6, 6.07) is 10.4.